The number of aromatic nitrogens is 1. The summed E-state index contributed by atoms with van der Waals surface area (Å²) in [6.45, 7) is 4.57. The lowest BCUT2D eigenvalue weighted by atomic mass is 10.4. The Labute approximate surface area is 70.2 Å². The molecule has 62 valence electrons. The first-order valence-electron chi connectivity index (χ1n) is 3.49. The van der Waals surface area contributed by atoms with Gasteiger partial charge in [0.1, 0.15) is 5.82 Å². The summed E-state index contributed by atoms with van der Waals surface area (Å²) in [6.07, 6.45) is 0.247. The minimum atomic E-state index is 0.247. The van der Waals surface area contributed by atoms with Crippen molar-refractivity contribution >= 4 is 17.2 Å². The number of rotatable bonds is 3. The predicted molar refractivity (Wildman–Crippen MR) is 46.5 cm³/mol. The van der Waals surface area contributed by atoms with Gasteiger partial charge in [0.15, 0.2) is 0 Å². The van der Waals surface area contributed by atoms with Gasteiger partial charge in [-0.25, -0.2) is 4.98 Å². The molecule has 1 rings (SSSR count). The summed E-state index contributed by atoms with van der Waals surface area (Å²) >= 11 is 1.53. The molecule has 4 heteroatoms. The number of nitrogens with two attached hydrogens (primary N) is 1. The lowest BCUT2D eigenvalue weighted by Crippen LogP contribution is -2.02. The first-order valence-corrected chi connectivity index (χ1v) is 4.37. The fourth-order valence-corrected chi connectivity index (χ4v) is 1.23. The summed E-state index contributed by atoms with van der Waals surface area (Å²) in [4.78, 5) is 4.92. The van der Waals surface area contributed by atoms with E-state index in [1.165, 1.54) is 11.3 Å². The molecule has 0 amide bonds. The third-order valence-corrected chi connectivity index (χ3v) is 2.04. The standard InChI is InChI=1S/C7H12N2OS/c1-5(2)10-3-6-7(8)9-4-11-6/h4-5H,3,8H2,1-2H3. The smallest absolute Gasteiger partial charge is 0.139 e. The maximum atomic E-state index is 5.55. The number of anilines is 1. The normalized spacial score (nSPS) is 10.8. The highest BCUT2D eigenvalue weighted by Gasteiger charge is 2.02. The minimum Gasteiger partial charge on any atom is -0.383 e. The van der Waals surface area contributed by atoms with Gasteiger partial charge in [-0.1, -0.05) is 0 Å². The van der Waals surface area contributed by atoms with Crippen LogP contribution in [0.2, 0.25) is 0 Å². The highest BCUT2D eigenvalue weighted by Crippen LogP contribution is 2.16. The Morgan fingerprint density at radius 3 is 2.91 bits per heavy atom. The Kier molecular flexibility index (Phi) is 2.84. The van der Waals surface area contributed by atoms with Crippen molar-refractivity contribution in [3.63, 3.8) is 0 Å². The molecule has 0 spiro atoms. The van der Waals surface area contributed by atoms with Gasteiger partial charge in [-0.3, -0.25) is 0 Å². The number of nitrogen functional groups attached to an aromatic ring is 1. The molecule has 0 aliphatic heterocycles. The van der Waals surface area contributed by atoms with Gasteiger partial charge in [0.05, 0.1) is 23.1 Å². The van der Waals surface area contributed by atoms with Crippen molar-refractivity contribution in [1.82, 2.24) is 4.98 Å². The van der Waals surface area contributed by atoms with Gasteiger partial charge in [0.2, 0.25) is 0 Å². The van der Waals surface area contributed by atoms with Crippen LogP contribution in [-0.4, -0.2) is 11.1 Å². The molecule has 0 radical (unpaired) electrons. The summed E-state index contributed by atoms with van der Waals surface area (Å²) in [7, 11) is 0. The van der Waals surface area contributed by atoms with Gasteiger partial charge in [-0.2, -0.15) is 0 Å². The van der Waals surface area contributed by atoms with E-state index in [9.17, 15) is 0 Å². The van der Waals surface area contributed by atoms with E-state index in [-0.39, 0.29) is 6.10 Å². The van der Waals surface area contributed by atoms with Crippen LogP contribution < -0.4 is 5.73 Å². The number of ether oxygens (including phenoxy) is 1. The molecule has 2 N–H and O–H groups in total. The molecule has 0 aliphatic rings. The van der Waals surface area contributed by atoms with Crippen LogP contribution in [0.4, 0.5) is 5.82 Å². The van der Waals surface area contributed by atoms with Crippen molar-refractivity contribution < 1.29 is 4.74 Å². The zero-order chi connectivity index (χ0) is 8.27. The molecule has 11 heavy (non-hydrogen) atoms. The molecule has 0 bridgehead atoms. The number of hydrogen-bond donors (Lipinski definition) is 1. The van der Waals surface area contributed by atoms with Crippen LogP contribution >= 0.6 is 11.3 Å². The SMILES string of the molecule is CC(C)OCc1scnc1N. The molecule has 0 unspecified atom stereocenters. The molecule has 0 fully saturated rings. The van der Waals surface area contributed by atoms with Gasteiger partial charge in [0.25, 0.3) is 0 Å². The maximum Gasteiger partial charge on any atom is 0.139 e. The summed E-state index contributed by atoms with van der Waals surface area (Å²) in [5, 5.41) is 0. The van der Waals surface area contributed by atoms with Crippen LogP contribution in [0.3, 0.4) is 0 Å². The van der Waals surface area contributed by atoms with Crippen molar-refractivity contribution in [2.45, 2.75) is 26.6 Å². The Morgan fingerprint density at radius 1 is 1.73 bits per heavy atom. The molecule has 3 nitrogen and oxygen atoms in total. The van der Waals surface area contributed by atoms with E-state index in [0.29, 0.717) is 12.4 Å². The highest BCUT2D eigenvalue weighted by molar-refractivity contribution is 7.10. The van der Waals surface area contributed by atoms with Crippen LogP contribution in [0.15, 0.2) is 5.51 Å². The number of hydrogen-bond acceptors (Lipinski definition) is 4. The predicted octanol–water partition coefficient (Wildman–Crippen LogP) is 1.65. The summed E-state index contributed by atoms with van der Waals surface area (Å²) < 4.78 is 5.36. The second-order valence-corrected chi connectivity index (χ2v) is 3.46. The Morgan fingerprint density at radius 2 is 2.45 bits per heavy atom. The molecule has 1 heterocycles. The molecule has 1 aromatic rings. The second-order valence-electron chi connectivity index (χ2n) is 2.52. The number of nitrogens with zero attached hydrogens (tertiary/aromatic N) is 1. The lowest BCUT2D eigenvalue weighted by molar-refractivity contribution is 0.0677. The van der Waals surface area contributed by atoms with E-state index in [0.717, 1.165) is 4.88 Å². The number of thiazole rings is 1. The lowest BCUT2D eigenvalue weighted by Gasteiger charge is -2.04. The van der Waals surface area contributed by atoms with Gasteiger partial charge >= 0.3 is 0 Å². The van der Waals surface area contributed by atoms with E-state index in [2.05, 4.69) is 4.98 Å². The molecular formula is C7H12N2OS. The van der Waals surface area contributed by atoms with E-state index in [4.69, 9.17) is 10.5 Å². The summed E-state index contributed by atoms with van der Waals surface area (Å²) in [5.41, 5.74) is 7.28. The molecule has 0 atom stereocenters. The minimum absolute atomic E-state index is 0.247. The zero-order valence-corrected chi connectivity index (χ0v) is 7.52. The molecule has 0 aliphatic carbocycles. The summed E-state index contributed by atoms with van der Waals surface area (Å²) in [5.74, 6) is 0.593. The van der Waals surface area contributed by atoms with E-state index in [1.54, 1.807) is 5.51 Å². The average Bonchev–Trinajstić information content (AvgIpc) is 2.31. The largest absolute Gasteiger partial charge is 0.383 e. The third-order valence-electron chi connectivity index (χ3n) is 1.22. The zero-order valence-electron chi connectivity index (χ0n) is 6.70. The van der Waals surface area contributed by atoms with Crippen molar-refractivity contribution in [1.29, 1.82) is 0 Å². The Balaban J connectivity index is 2.44. The van der Waals surface area contributed by atoms with Gasteiger partial charge in [-0.15, -0.1) is 11.3 Å². The topological polar surface area (TPSA) is 48.1 Å². The first-order chi connectivity index (χ1) is 5.20. The van der Waals surface area contributed by atoms with Crippen LogP contribution in [-0.2, 0) is 11.3 Å². The molecule has 0 saturated heterocycles. The van der Waals surface area contributed by atoms with Gasteiger partial charge in [-0.05, 0) is 13.8 Å². The van der Waals surface area contributed by atoms with Crippen LogP contribution in [0.25, 0.3) is 0 Å². The highest BCUT2D eigenvalue weighted by atomic mass is 32.1. The van der Waals surface area contributed by atoms with Crippen molar-refractivity contribution in [2.24, 2.45) is 0 Å². The quantitative estimate of drug-likeness (QED) is 0.754. The van der Waals surface area contributed by atoms with Crippen LogP contribution in [0.5, 0.6) is 0 Å². The van der Waals surface area contributed by atoms with Crippen LogP contribution in [0, 0.1) is 0 Å². The van der Waals surface area contributed by atoms with Gasteiger partial charge < -0.3 is 10.5 Å². The molecular weight excluding hydrogens is 160 g/mol. The van der Waals surface area contributed by atoms with Gasteiger partial charge in [0, 0.05) is 0 Å². The second kappa shape index (κ2) is 3.69. The van der Waals surface area contributed by atoms with Crippen LogP contribution in [0.1, 0.15) is 18.7 Å². The molecule has 1 aromatic heterocycles. The Bertz CT molecular complexity index is 222. The average molecular weight is 172 g/mol. The molecule has 0 saturated carbocycles. The molecule has 0 aromatic carbocycles. The van der Waals surface area contributed by atoms with E-state index < -0.39 is 0 Å². The Hall–Kier alpha value is -0.610. The third kappa shape index (κ3) is 2.48. The maximum absolute atomic E-state index is 5.55. The fraction of sp³-hybridized carbons (Fsp3) is 0.571. The first kappa shape index (κ1) is 8.49. The van der Waals surface area contributed by atoms with Crippen molar-refractivity contribution in [3.05, 3.63) is 10.4 Å². The fourth-order valence-electron chi connectivity index (χ4n) is 0.629. The van der Waals surface area contributed by atoms with Crippen molar-refractivity contribution in [2.75, 3.05) is 5.73 Å². The van der Waals surface area contributed by atoms with Crippen molar-refractivity contribution in [3.8, 4) is 0 Å². The van der Waals surface area contributed by atoms with E-state index in [1.807, 2.05) is 13.8 Å². The summed E-state index contributed by atoms with van der Waals surface area (Å²) in [6, 6.07) is 0. The monoisotopic (exact) mass is 172 g/mol. The van der Waals surface area contributed by atoms with E-state index >= 15 is 0 Å².